The van der Waals surface area contributed by atoms with Crippen LogP contribution in [0.2, 0.25) is 0 Å². The lowest BCUT2D eigenvalue weighted by Crippen LogP contribution is -2.47. The van der Waals surface area contributed by atoms with E-state index < -0.39 is 12.1 Å². The number of aliphatic hydroxyl groups excluding tert-OH is 1. The minimum atomic E-state index is -0.525. The summed E-state index contributed by atoms with van der Waals surface area (Å²) in [6, 6.07) is -0.525. The average Bonchev–Trinajstić information content (AvgIpc) is 2.91. The van der Waals surface area contributed by atoms with E-state index in [1.165, 1.54) is 19.3 Å². The number of β-amino-alcohol motifs (C(OH)–C–C–N with tert-alkyl or cyclic N) is 1. The highest BCUT2D eigenvalue weighted by Gasteiger charge is 2.26. The molecule has 2 rings (SSSR count). The number of aliphatic hydroxyl groups is 1. The van der Waals surface area contributed by atoms with E-state index >= 15 is 0 Å². The summed E-state index contributed by atoms with van der Waals surface area (Å²) in [6.45, 7) is 3.44. The zero-order valence-electron chi connectivity index (χ0n) is 13.4. The summed E-state index contributed by atoms with van der Waals surface area (Å²) in [4.78, 5) is 24.0. The van der Waals surface area contributed by atoms with Gasteiger partial charge < -0.3 is 21.1 Å². The van der Waals surface area contributed by atoms with Crippen molar-refractivity contribution in [1.29, 1.82) is 0 Å². The van der Waals surface area contributed by atoms with Crippen LogP contribution in [0.3, 0.4) is 0 Å². The van der Waals surface area contributed by atoms with Gasteiger partial charge in [0.15, 0.2) is 0 Å². The molecule has 0 aromatic heterocycles. The van der Waals surface area contributed by atoms with E-state index in [0.717, 1.165) is 12.8 Å². The summed E-state index contributed by atoms with van der Waals surface area (Å²) in [5.41, 5.74) is 0. The molecule has 126 valence electrons. The van der Waals surface area contributed by atoms with E-state index in [1.807, 2.05) is 0 Å². The molecular formula is C16H29N3O3. The molecule has 3 atom stereocenters. The Morgan fingerprint density at radius 3 is 2.59 bits per heavy atom. The fourth-order valence-electron chi connectivity index (χ4n) is 3.33. The minimum Gasteiger partial charge on any atom is -0.391 e. The maximum Gasteiger partial charge on any atom is 0.242 e. The SMILES string of the molecule is CC(NC(=O)CC1CCCCC1)C(=O)NCC1CNCC1O. The zero-order chi connectivity index (χ0) is 15.9. The zero-order valence-corrected chi connectivity index (χ0v) is 13.4. The average molecular weight is 311 g/mol. The van der Waals surface area contributed by atoms with Crippen LogP contribution in [0.25, 0.3) is 0 Å². The van der Waals surface area contributed by atoms with Crippen LogP contribution in [-0.4, -0.2) is 48.7 Å². The van der Waals surface area contributed by atoms with Crippen molar-refractivity contribution < 1.29 is 14.7 Å². The van der Waals surface area contributed by atoms with E-state index in [4.69, 9.17) is 0 Å². The van der Waals surface area contributed by atoms with Crippen molar-refractivity contribution in [3.63, 3.8) is 0 Å². The van der Waals surface area contributed by atoms with Crippen molar-refractivity contribution in [1.82, 2.24) is 16.0 Å². The Morgan fingerprint density at radius 2 is 1.95 bits per heavy atom. The van der Waals surface area contributed by atoms with Crippen molar-refractivity contribution in [3.05, 3.63) is 0 Å². The van der Waals surface area contributed by atoms with Crippen LogP contribution >= 0.6 is 0 Å². The van der Waals surface area contributed by atoms with Gasteiger partial charge in [0, 0.05) is 32.0 Å². The molecule has 6 nitrogen and oxygen atoms in total. The van der Waals surface area contributed by atoms with Gasteiger partial charge in [0.2, 0.25) is 11.8 Å². The molecule has 2 amide bonds. The lowest BCUT2D eigenvalue weighted by molar-refractivity contribution is -0.129. The summed E-state index contributed by atoms with van der Waals surface area (Å²) in [7, 11) is 0. The molecule has 0 bridgehead atoms. The van der Waals surface area contributed by atoms with E-state index in [9.17, 15) is 14.7 Å². The van der Waals surface area contributed by atoms with Crippen LogP contribution in [0.1, 0.15) is 45.4 Å². The minimum absolute atomic E-state index is 0.0304. The highest BCUT2D eigenvalue weighted by molar-refractivity contribution is 5.87. The quantitative estimate of drug-likeness (QED) is 0.562. The Morgan fingerprint density at radius 1 is 1.23 bits per heavy atom. The van der Waals surface area contributed by atoms with Gasteiger partial charge in [-0.2, -0.15) is 0 Å². The highest BCUT2D eigenvalue weighted by atomic mass is 16.3. The van der Waals surface area contributed by atoms with Crippen LogP contribution < -0.4 is 16.0 Å². The molecule has 1 aliphatic heterocycles. The molecule has 3 unspecified atom stereocenters. The van der Waals surface area contributed by atoms with Crippen molar-refractivity contribution >= 4 is 11.8 Å². The normalized spacial score (nSPS) is 27.4. The van der Waals surface area contributed by atoms with Crippen LogP contribution in [-0.2, 0) is 9.59 Å². The second kappa shape index (κ2) is 8.48. The third kappa shape index (κ3) is 5.25. The van der Waals surface area contributed by atoms with Crippen LogP contribution in [0.4, 0.5) is 0 Å². The van der Waals surface area contributed by atoms with Crippen molar-refractivity contribution in [2.24, 2.45) is 11.8 Å². The van der Waals surface area contributed by atoms with Gasteiger partial charge in [0.05, 0.1) is 6.10 Å². The number of hydrogen-bond donors (Lipinski definition) is 4. The molecule has 2 aliphatic rings. The van der Waals surface area contributed by atoms with Gasteiger partial charge >= 0.3 is 0 Å². The lowest BCUT2D eigenvalue weighted by atomic mass is 9.87. The van der Waals surface area contributed by atoms with Crippen molar-refractivity contribution in [2.75, 3.05) is 19.6 Å². The van der Waals surface area contributed by atoms with Crippen LogP contribution in [0.15, 0.2) is 0 Å². The predicted molar refractivity (Wildman–Crippen MR) is 84.2 cm³/mol. The maximum atomic E-state index is 12.0. The molecule has 6 heteroatoms. The maximum absolute atomic E-state index is 12.0. The first-order valence-electron chi connectivity index (χ1n) is 8.52. The smallest absolute Gasteiger partial charge is 0.242 e. The number of carbonyl (C=O) groups is 2. The molecule has 0 spiro atoms. The standard InChI is InChI=1S/C16H29N3O3/c1-11(16(22)18-9-13-8-17-10-14(13)20)19-15(21)7-12-5-3-2-4-6-12/h11-14,17,20H,2-10H2,1H3,(H,18,22)(H,19,21). The fraction of sp³-hybridized carbons (Fsp3) is 0.875. The summed E-state index contributed by atoms with van der Waals surface area (Å²) < 4.78 is 0. The molecule has 1 saturated heterocycles. The second-order valence-corrected chi connectivity index (χ2v) is 6.73. The Bertz CT molecular complexity index is 383. The lowest BCUT2D eigenvalue weighted by Gasteiger charge is -2.22. The Labute approximate surface area is 132 Å². The molecular weight excluding hydrogens is 282 g/mol. The first-order chi connectivity index (χ1) is 10.6. The first-order valence-corrected chi connectivity index (χ1v) is 8.52. The largest absolute Gasteiger partial charge is 0.391 e. The summed E-state index contributed by atoms with van der Waals surface area (Å²) >= 11 is 0. The van der Waals surface area contributed by atoms with E-state index in [-0.39, 0.29) is 17.7 Å². The van der Waals surface area contributed by atoms with Crippen molar-refractivity contribution in [2.45, 2.75) is 57.6 Å². The molecule has 1 heterocycles. The Kier molecular flexibility index (Phi) is 6.64. The second-order valence-electron chi connectivity index (χ2n) is 6.73. The highest BCUT2D eigenvalue weighted by Crippen LogP contribution is 2.26. The molecule has 0 radical (unpaired) electrons. The fourth-order valence-corrected chi connectivity index (χ4v) is 3.33. The predicted octanol–water partition coefficient (Wildman–Crippen LogP) is 0.158. The molecule has 22 heavy (non-hydrogen) atoms. The van der Waals surface area contributed by atoms with Gasteiger partial charge in [0.25, 0.3) is 0 Å². The van der Waals surface area contributed by atoms with Crippen LogP contribution in [0.5, 0.6) is 0 Å². The summed E-state index contributed by atoms with van der Waals surface area (Å²) in [5.74, 6) is 0.311. The summed E-state index contributed by atoms with van der Waals surface area (Å²) in [6.07, 6.45) is 6.08. The van der Waals surface area contributed by atoms with Gasteiger partial charge in [-0.15, -0.1) is 0 Å². The molecule has 0 aromatic carbocycles. The third-order valence-electron chi connectivity index (χ3n) is 4.81. The Balaban J connectivity index is 1.65. The van der Waals surface area contributed by atoms with Gasteiger partial charge in [-0.05, 0) is 25.7 Å². The third-order valence-corrected chi connectivity index (χ3v) is 4.81. The van der Waals surface area contributed by atoms with Crippen LogP contribution in [0, 0.1) is 11.8 Å². The molecule has 4 N–H and O–H groups in total. The molecule has 0 aromatic rings. The van der Waals surface area contributed by atoms with Gasteiger partial charge in [0.1, 0.15) is 6.04 Å². The topological polar surface area (TPSA) is 90.5 Å². The number of hydrogen-bond acceptors (Lipinski definition) is 4. The number of carbonyl (C=O) groups excluding carboxylic acids is 2. The molecule has 1 saturated carbocycles. The molecule has 2 fully saturated rings. The number of amides is 2. The number of nitrogens with one attached hydrogen (secondary N) is 3. The monoisotopic (exact) mass is 311 g/mol. The molecule has 1 aliphatic carbocycles. The van der Waals surface area contributed by atoms with Gasteiger partial charge in [-0.25, -0.2) is 0 Å². The first kappa shape index (κ1) is 17.2. The van der Waals surface area contributed by atoms with E-state index in [0.29, 0.717) is 32.0 Å². The van der Waals surface area contributed by atoms with Crippen molar-refractivity contribution in [3.8, 4) is 0 Å². The number of rotatable bonds is 6. The van der Waals surface area contributed by atoms with Gasteiger partial charge in [-0.1, -0.05) is 19.3 Å². The summed E-state index contributed by atoms with van der Waals surface area (Å²) in [5, 5.41) is 18.4. The Hall–Kier alpha value is -1.14. The van der Waals surface area contributed by atoms with E-state index in [2.05, 4.69) is 16.0 Å². The van der Waals surface area contributed by atoms with Gasteiger partial charge in [-0.3, -0.25) is 9.59 Å². The van der Waals surface area contributed by atoms with E-state index in [1.54, 1.807) is 6.92 Å².